The van der Waals surface area contributed by atoms with Crippen LogP contribution in [0.25, 0.3) is 0 Å². The molecule has 0 aromatic heterocycles. The van der Waals surface area contributed by atoms with E-state index in [1.54, 1.807) is 11.8 Å². The van der Waals surface area contributed by atoms with E-state index >= 15 is 0 Å². The Morgan fingerprint density at radius 3 is 2.38 bits per heavy atom. The van der Waals surface area contributed by atoms with E-state index in [-0.39, 0.29) is 11.9 Å². The van der Waals surface area contributed by atoms with Crippen molar-refractivity contribution >= 4 is 17.6 Å². The van der Waals surface area contributed by atoms with Gasteiger partial charge in [-0.15, -0.1) is 0 Å². The van der Waals surface area contributed by atoms with Gasteiger partial charge in [0, 0.05) is 32.2 Å². The molecule has 0 radical (unpaired) electrons. The Morgan fingerprint density at radius 1 is 1.14 bits per heavy atom. The van der Waals surface area contributed by atoms with E-state index in [2.05, 4.69) is 24.5 Å². The first-order valence-corrected chi connectivity index (χ1v) is 7.34. The minimum atomic E-state index is -0.256. The van der Waals surface area contributed by atoms with Gasteiger partial charge in [0.05, 0.1) is 0 Å². The Bertz CT molecular complexity index is 446. The molecule has 0 atom stereocenters. The molecule has 0 unspecified atom stereocenters. The summed E-state index contributed by atoms with van der Waals surface area (Å²) in [6, 6.07) is 9.00. The fourth-order valence-corrected chi connectivity index (χ4v) is 1.84. The molecule has 0 saturated heterocycles. The van der Waals surface area contributed by atoms with Crippen LogP contribution in [0.5, 0.6) is 0 Å². The van der Waals surface area contributed by atoms with Gasteiger partial charge in [-0.3, -0.25) is 4.79 Å². The van der Waals surface area contributed by atoms with E-state index in [4.69, 9.17) is 0 Å². The molecule has 5 nitrogen and oxygen atoms in total. The van der Waals surface area contributed by atoms with E-state index in [0.717, 1.165) is 18.7 Å². The van der Waals surface area contributed by atoms with E-state index < -0.39 is 0 Å². The number of amides is 3. The standard InChI is InChI=1S/C16H25N3O2/c1-13(2)9-11-19(14(3)20)12-10-17-16(21)18-15-7-5-4-6-8-15/h4-8,13H,9-12H2,1-3H3,(H2,17,18,21). The number of hydrogen-bond acceptors (Lipinski definition) is 2. The summed E-state index contributed by atoms with van der Waals surface area (Å²) in [6.07, 6.45) is 0.968. The summed E-state index contributed by atoms with van der Waals surface area (Å²) >= 11 is 0. The van der Waals surface area contributed by atoms with Crippen LogP contribution in [0.1, 0.15) is 27.2 Å². The maximum Gasteiger partial charge on any atom is 0.319 e. The third kappa shape index (κ3) is 7.34. The van der Waals surface area contributed by atoms with E-state index in [9.17, 15) is 9.59 Å². The van der Waals surface area contributed by atoms with Gasteiger partial charge in [0.1, 0.15) is 0 Å². The second kappa shape index (κ2) is 9.00. The van der Waals surface area contributed by atoms with Gasteiger partial charge in [0.15, 0.2) is 0 Å². The van der Waals surface area contributed by atoms with Crippen LogP contribution >= 0.6 is 0 Å². The molecule has 0 fully saturated rings. The summed E-state index contributed by atoms with van der Waals surface area (Å²) in [5, 5.41) is 5.50. The topological polar surface area (TPSA) is 61.4 Å². The zero-order valence-electron chi connectivity index (χ0n) is 13.1. The molecule has 0 aliphatic heterocycles. The van der Waals surface area contributed by atoms with Crippen LogP contribution in [0.2, 0.25) is 0 Å². The molecule has 0 aliphatic rings. The summed E-state index contributed by atoms with van der Waals surface area (Å²) in [5.41, 5.74) is 0.748. The molecule has 0 heterocycles. The average molecular weight is 291 g/mol. The zero-order valence-corrected chi connectivity index (χ0v) is 13.1. The van der Waals surface area contributed by atoms with Gasteiger partial charge in [-0.25, -0.2) is 4.79 Å². The fourth-order valence-electron chi connectivity index (χ4n) is 1.84. The lowest BCUT2D eigenvalue weighted by Crippen LogP contribution is -2.39. The molecule has 116 valence electrons. The smallest absolute Gasteiger partial charge is 0.319 e. The van der Waals surface area contributed by atoms with Crippen molar-refractivity contribution in [2.24, 2.45) is 5.92 Å². The number of benzene rings is 1. The zero-order chi connectivity index (χ0) is 15.7. The first kappa shape index (κ1) is 17.0. The van der Waals surface area contributed by atoms with Crippen molar-refractivity contribution in [3.63, 3.8) is 0 Å². The van der Waals surface area contributed by atoms with Crippen molar-refractivity contribution in [3.05, 3.63) is 30.3 Å². The number of rotatable bonds is 7. The Morgan fingerprint density at radius 2 is 1.81 bits per heavy atom. The molecule has 0 spiro atoms. The van der Waals surface area contributed by atoms with Crippen molar-refractivity contribution in [2.45, 2.75) is 27.2 Å². The van der Waals surface area contributed by atoms with Crippen molar-refractivity contribution < 1.29 is 9.59 Å². The van der Waals surface area contributed by atoms with Crippen LogP contribution in [-0.4, -0.2) is 36.5 Å². The fraction of sp³-hybridized carbons (Fsp3) is 0.500. The molecule has 1 aromatic rings. The number of carbonyl (C=O) groups is 2. The number of urea groups is 1. The number of nitrogens with zero attached hydrogens (tertiary/aromatic N) is 1. The Balaban J connectivity index is 2.29. The van der Waals surface area contributed by atoms with Crippen LogP contribution < -0.4 is 10.6 Å². The van der Waals surface area contributed by atoms with Crippen molar-refractivity contribution in [3.8, 4) is 0 Å². The highest BCUT2D eigenvalue weighted by Crippen LogP contribution is 2.04. The van der Waals surface area contributed by atoms with Gasteiger partial charge in [0.2, 0.25) is 5.91 Å². The predicted molar refractivity (Wildman–Crippen MR) is 85.2 cm³/mol. The summed E-state index contributed by atoms with van der Waals surface area (Å²) in [6.45, 7) is 7.52. The molecule has 21 heavy (non-hydrogen) atoms. The average Bonchev–Trinajstić information content (AvgIpc) is 2.43. The van der Waals surface area contributed by atoms with Gasteiger partial charge < -0.3 is 15.5 Å². The van der Waals surface area contributed by atoms with E-state index in [1.165, 1.54) is 0 Å². The molecule has 1 aromatic carbocycles. The quantitative estimate of drug-likeness (QED) is 0.811. The van der Waals surface area contributed by atoms with Crippen LogP contribution in [0, 0.1) is 5.92 Å². The van der Waals surface area contributed by atoms with Crippen molar-refractivity contribution in [2.75, 3.05) is 25.0 Å². The van der Waals surface area contributed by atoms with Gasteiger partial charge in [-0.2, -0.15) is 0 Å². The molecule has 3 amide bonds. The summed E-state index contributed by atoms with van der Waals surface area (Å²) in [7, 11) is 0. The number of anilines is 1. The van der Waals surface area contributed by atoms with E-state index in [1.807, 2.05) is 30.3 Å². The van der Waals surface area contributed by atoms with Crippen molar-refractivity contribution in [1.29, 1.82) is 0 Å². The third-order valence-corrected chi connectivity index (χ3v) is 3.12. The van der Waals surface area contributed by atoms with Gasteiger partial charge in [-0.1, -0.05) is 32.0 Å². The monoisotopic (exact) mass is 291 g/mol. The highest BCUT2D eigenvalue weighted by Gasteiger charge is 2.09. The number of carbonyl (C=O) groups excluding carboxylic acids is 2. The molecular weight excluding hydrogens is 266 g/mol. The SMILES string of the molecule is CC(=O)N(CCNC(=O)Nc1ccccc1)CCC(C)C. The Labute approximate surface area is 126 Å². The molecule has 0 saturated carbocycles. The molecule has 1 rings (SSSR count). The molecule has 0 aliphatic carbocycles. The summed E-state index contributed by atoms with van der Waals surface area (Å²) < 4.78 is 0. The number of hydrogen-bond donors (Lipinski definition) is 2. The van der Waals surface area contributed by atoms with Crippen molar-refractivity contribution in [1.82, 2.24) is 10.2 Å². The Kier molecular flexibility index (Phi) is 7.29. The van der Waals surface area contributed by atoms with Crippen LogP contribution in [-0.2, 0) is 4.79 Å². The molecular formula is C16H25N3O2. The lowest BCUT2D eigenvalue weighted by atomic mass is 10.1. The summed E-state index contributed by atoms with van der Waals surface area (Å²) in [4.78, 5) is 25.0. The summed E-state index contributed by atoms with van der Waals surface area (Å²) in [5.74, 6) is 0.599. The molecule has 0 bridgehead atoms. The third-order valence-electron chi connectivity index (χ3n) is 3.12. The van der Waals surface area contributed by atoms with Gasteiger partial charge in [-0.05, 0) is 24.5 Å². The van der Waals surface area contributed by atoms with Gasteiger partial charge >= 0.3 is 6.03 Å². The minimum Gasteiger partial charge on any atom is -0.341 e. The second-order valence-corrected chi connectivity index (χ2v) is 5.44. The highest BCUT2D eigenvalue weighted by molar-refractivity contribution is 5.89. The predicted octanol–water partition coefficient (Wildman–Crippen LogP) is 2.70. The second-order valence-electron chi connectivity index (χ2n) is 5.44. The van der Waals surface area contributed by atoms with Crippen LogP contribution in [0.15, 0.2) is 30.3 Å². The minimum absolute atomic E-state index is 0.0425. The Hall–Kier alpha value is -2.04. The largest absolute Gasteiger partial charge is 0.341 e. The van der Waals surface area contributed by atoms with E-state index in [0.29, 0.717) is 19.0 Å². The number of para-hydroxylation sites is 1. The molecule has 2 N–H and O–H groups in total. The first-order chi connectivity index (χ1) is 9.99. The van der Waals surface area contributed by atoms with Gasteiger partial charge in [0.25, 0.3) is 0 Å². The maximum absolute atomic E-state index is 11.7. The maximum atomic E-state index is 11.7. The lowest BCUT2D eigenvalue weighted by Gasteiger charge is -2.22. The van der Waals surface area contributed by atoms with Crippen LogP contribution in [0.3, 0.4) is 0 Å². The first-order valence-electron chi connectivity index (χ1n) is 7.34. The van der Waals surface area contributed by atoms with Crippen LogP contribution in [0.4, 0.5) is 10.5 Å². The normalized spacial score (nSPS) is 10.3. The molecule has 5 heteroatoms. The lowest BCUT2D eigenvalue weighted by molar-refractivity contribution is -0.128. The highest BCUT2D eigenvalue weighted by atomic mass is 16.2. The number of nitrogens with one attached hydrogen (secondary N) is 2.